The Bertz CT molecular complexity index is 696. The average molecular weight is 357 g/mol. The number of hydrogen-bond acceptors (Lipinski definition) is 5. The van der Waals surface area contributed by atoms with Crippen LogP contribution in [-0.2, 0) is 16.1 Å². The quantitative estimate of drug-likeness (QED) is 0.435. The summed E-state index contributed by atoms with van der Waals surface area (Å²) in [7, 11) is 1.25. The normalized spacial score (nSPS) is 13.1. The van der Waals surface area contributed by atoms with Crippen molar-refractivity contribution in [1.29, 1.82) is 0 Å². The molecule has 6 heteroatoms. The zero-order valence-corrected chi connectivity index (χ0v) is 14.8. The first-order valence-corrected chi connectivity index (χ1v) is 8.54. The SMILES string of the molecule is COC(=O)c1ccc([N+](=O)[O-])cc1.c1ccc(COCC2CCC2)cc1. The summed E-state index contributed by atoms with van der Waals surface area (Å²) in [4.78, 5) is 20.6. The number of non-ortho nitro benzene ring substituents is 1. The van der Waals surface area contributed by atoms with Gasteiger partial charge in [0.25, 0.3) is 5.69 Å². The third-order valence-electron chi connectivity index (χ3n) is 4.19. The summed E-state index contributed by atoms with van der Waals surface area (Å²) in [5.74, 6) is 0.346. The van der Waals surface area contributed by atoms with E-state index in [-0.39, 0.29) is 5.69 Å². The largest absolute Gasteiger partial charge is 0.465 e. The van der Waals surface area contributed by atoms with Crippen LogP contribution in [-0.4, -0.2) is 24.6 Å². The summed E-state index contributed by atoms with van der Waals surface area (Å²) >= 11 is 0. The van der Waals surface area contributed by atoms with Crippen molar-refractivity contribution in [3.8, 4) is 0 Å². The molecule has 0 N–H and O–H groups in total. The molecule has 0 aliphatic heterocycles. The van der Waals surface area contributed by atoms with Gasteiger partial charge in [-0.25, -0.2) is 4.79 Å². The van der Waals surface area contributed by atoms with E-state index in [1.54, 1.807) is 0 Å². The van der Waals surface area contributed by atoms with Crippen molar-refractivity contribution < 1.29 is 19.2 Å². The lowest BCUT2D eigenvalue weighted by Crippen LogP contribution is -2.17. The van der Waals surface area contributed by atoms with Crippen LogP contribution in [0.15, 0.2) is 54.6 Å². The second kappa shape index (κ2) is 10.3. The lowest BCUT2D eigenvalue weighted by Gasteiger charge is -2.24. The van der Waals surface area contributed by atoms with Crippen molar-refractivity contribution in [3.63, 3.8) is 0 Å². The predicted octanol–water partition coefficient (Wildman–Crippen LogP) is 4.38. The zero-order chi connectivity index (χ0) is 18.8. The van der Waals surface area contributed by atoms with Crippen molar-refractivity contribution in [2.75, 3.05) is 13.7 Å². The average Bonchev–Trinajstić information content (AvgIpc) is 2.64. The van der Waals surface area contributed by atoms with Crippen LogP contribution in [0.5, 0.6) is 0 Å². The molecular formula is C20H23NO5. The third-order valence-corrected chi connectivity index (χ3v) is 4.19. The highest BCUT2D eigenvalue weighted by Crippen LogP contribution is 2.26. The van der Waals surface area contributed by atoms with Gasteiger partial charge in [-0.2, -0.15) is 0 Å². The van der Waals surface area contributed by atoms with Gasteiger partial charge in [-0.05, 0) is 36.5 Å². The molecule has 0 radical (unpaired) electrons. The number of esters is 1. The van der Waals surface area contributed by atoms with Crippen LogP contribution in [0.1, 0.15) is 35.2 Å². The Balaban J connectivity index is 0.000000187. The van der Waals surface area contributed by atoms with Crippen LogP contribution >= 0.6 is 0 Å². The topological polar surface area (TPSA) is 78.7 Å². The predicted molar refractivity (Wildman–Crippen MR) is 97.9 cm³/mol. The molecule has 3 rings (SSSR count). The van der Waals surface area contributed by atoms with Gasteiger partial charge in [0.2, 0.25) is 0 Å². The third kappa shape index (κ3) is 6.29. The number of methoxy groups -OCH3 is 1. The van der Waals surface area contributed by atoms with E-state index in [0.29, 0.717) is 5.56 Å². The highest BCUT2D eigenvalue weighted by molar-refractivity contribution is 5.89. The minimum Gasteiger partial charge on any atom is -0.465 e. The van der Waals surface area contributed by atoms with E-state index in [4.69, 9.17) is 4.74 Å². The van der Waals surface area contributed by atoms with E-state index in [1.165, 1.54) is 56.2 Å². The fraction of sp³-hybridized carbons (Fsp3) is 0.350. The van der Waals surface area contributed by atoms with Gasteiger partial charge < -0.3 is 9.47 Å². The number of carbonyl (C=O) groups is 1. The Morgan fingerprint density at radius 2 is 1.77 bits per heavy atom. The van der Waals surface area contributed by atoms with Crippen molar-refractivity contribution in [2.45, 2.75) is 25.9 Å². The molecule has 6 nitrogen and oxygen atoms in total. The van der Waals surface area contributed by atoms with Crippen LogP contribution in [0.2, 0.25) is 0 Å². The van der Waals surface area contributed by atoms with E-state index in [2.05, 4.69) is 29.0 Å². The Labute approximate surface area is 152 Å². The van der Waals surface area contributed by atoms with Crippen LogP contribution in [0.4, 0.5) is 5.69 Å². The second-order valence-electron chi connectivity index (χ2n) is 6.09. The number of benzene rings is 2. The second-order valence-corrected chi connectivity index (χ2v) is 6.09. The summed E-state index contributed by atoms with van der Waals surface area (Å²) in [5, 5.41) is 10.2. The highest BCUT2D eigenvalue weighted by Gasteiger charge is 2.16. The first-order chi connectivity index (χ1) is 12.6. The van der Waals surface area contributed by atoms with E-state index in [1.807, 2.05) is 6.07 Å². The number of nitro groups is 1. The van der Waals surface area contributed by atoms with Gasteiger partial charge >= 0.3 is 5.97 Å². The van der Waals surface area contributed by atoms with Gasteiger partial charge in [-0.15, -0.1) is 0 Å². The molecule has 1 fully saturated rings. The molecule has 0 aromatic heterocycles. The van der Waals surface area contributed by atoms with Gasteiger partial charge in [0.15, 0.2) is 0 Å². The molecule has 0 atom stereocenters. The Kier molecular flexibility index (Phi) is 7.76. The van der Waals surface area contributed by atoms with E-state index in [9.17, 15) is 14.9 Å². The molecule has 0 amide bonds. The minimum absolute atomic E-state index is 0.0485. The molecule has 2 aromatic carbocycles. The van der Waals surface area contributed by atoms with Crippen LogP contribution in [0, 0.1) is 16.0 Å². The lowest BCUT2D eigenvalue weighted by atomic mass is 9.86. The first kappa shape index (κ1) is 19.6. The van der Waals surface area contributed by atoms with Gasteiger partial charge in [0.05, 0.1) is 24.2 Å². The van der Waals surface area contributed by atoms with E-state index < -0.39 is 10.9 Å². The summed E-state index contributed by atoms with van der Waals surface area (Å²) < 4.78 is 10.1. The van der Waals surface area contributed by atoms with Gasteiger partial charge in [0, 0.05) is 18.7 Å². The summed E-state index contributed by atoms with van der Waals surface area (Å²) in [6.07, 6.45) is 4.14. The number of nitro benzene ring substituents is 1. The highest BCUT2D eigenvalue weighted by atomic mass is 16.6. The maximum Gasteiger partial charge on any atom is 0.337 e. The maximum atomic E-state index is 10.9. The molecule has 0 saturated heterocycles. The monoisotopic (exact) mass is 357 g/mol. The fourth-order valence-electron chi connectivity index (χ4n) is 2.41. The zero-order valence-electron chi connectivity index (χ0n) is 14.8. The molecule has 0 unspecified atom stereocenters. The number of carbonyl (C=O) groups excluding carboxylic acids is 1. The molecule has 0 bridgehead atoms. The smallest absolute Gasteiger partial charge is 0.337 e. The van der Waals surface area contributed by atoms with Crippen molar-refractivity contribution in [1.82, 2.24) is 0 Å². The molecule has 2 aromatic rings. The molecule has 26 heavy (non-hydrogen) atoms. The molecule has 0 spiro atoms. The molecule has 138 valence electrons. The standard InChI is InChI=1S/C12H16O.C8H7NO4/c1-2-5-11(6-3-1)9-13-10-12-7-4-8-12;1-13-8(10)6-2-4-7(5-3-6)9(11)12/h1-3,5-6,12H,4,7-10H2;2-5H,1H3. The van der Waals surface area contributed by atoms with Gasteiger partial charge in [0.1, 0.15) is 0 Å². The van der Waals surface area contributed by atoms with Crippen LogP contribution < -0.4 is 0 Å². The molecule has 1 saturated carbocycles. The van der Waals surface area contributed by atoms with E-state index in [0.717, 1.165) is 19.1 Å². The summed E-state index contributed by atoms with van der Waals surface area (Å²) in [6.45, 7) is 1.73. The van der Waals surface area contributed by atoms with Gasteiger partial charge in [-0.1, -0.05) is 36.8 Å². The number of rotatable bonds is 6. The number of hydrogen-bond donors (Lipinski definition) is 0. The molecule has 1 aliphatic carbocycles. The number of ether oxygens (including phenoxy) is 2. The van der Waals surface area contributed by atoms with Crippen LogP contribution in [0.3, 0.4) is 0 Å². The van der Waals surface area contributed by atoms with Crippen molar-refractivity contribution in [2.24, 2.45) is 5.92 Å². The minimum atomic E-state index is -0.527. The summed E-state index contributed by atoms with van der Waals surface area (Å²) in [6, 6.07) is 15.6. The number of nitrogens with zero attached hydrogens (tertiary/aromatic N) is 1. The lowest BCUT2D eigenvalue weighted by molar-refractivity contribution is -0.384. The Hall–Kier alpha value is -2.73. The first-order valence-electron chi connectivity index (χ1n) is 8.54. The van der Waals surface area contributed by atoms with Crippen molar-refractivity contribution in [3.05, 3.63) is 75.8 Å². The fourth-order valence-corrected chi connectivity index (χ4v) is 2.41. The molecular weight excluding hydrogens is 334 g/mol. The molecule has 0 heterocycles. The van der Waals surface area contributed by atoms with E-state index >= 15 is 0 Å². The summed E-state index contributed by atoms with van der Waals surface area (Å²) in [5.41, 5.74) is 1.53. The van der Waals surface area contributed by atoms with Crippen molar-refractivity contribution >= 4 is 11.7 Å². The van der Waals surface area contributed by atoms with Crippen LogP contribution in [0.25, 0.3) is 0 Å². The Morgan fingerprint density at radius 1 is 1.12 bits per heavy atom. The maximum absolute atomic E-state index is 10.9. The van der Waals surface area contributed by atoms with Gasteiger partial charge in [-0.3, -0.25) is 10.1 Å². The molecule has 1 aliphatic rings. The Morgan fingerprint density at radius 3 is 2.27 bits per heavy atom.